The summed E-state index contributed by atoms with van der Waals surface area (Å²) in [6.45, 7) is 5.74. The van der Waals surface area contributed by atoms with Crippen LogP contribution in [0.2, 0.25) is 0 Å². The number of amides is 3. The summed E-state index contributed by atoms with van der Waals surface area (Å²) < 4.78 is 10.0. The summed E-state index contributed by atoms with van der Waals surface area (Å²) in [5, 5.41) is 25.2. The van der Waals surface area contributed by atoms with Gasteiger partial charge in [0.1, 0.15) is 32.6 Å². The van der Waals surface area contributed by atoms with Crippen molar-refractivity contribution >= 4 is 92.9 Å². The van der Waals surface area contributed by atoms with Gasteiger partial charge in [-0.2, -0.15) is 11.8 Å². The van der Waals surface area contributed by atoms with E-state index in [0.29, 0.717) is 32.9 Å². The molecule has 0 unspecified atom stereocenters. The van der Waals surface area contributed by atoms with Gasteiger partial charge < -0.3 is 26.2 Å². The number of thioether (sulfide) groups is 3. The summed E-state index contributed by atoms with van der Waals surface area (Å²) in [5.74, 6) is -1.45. The first-order valence-electron chi connectivity index (χ1n) is 18.9. The Kier molecular flexibility index (Phi) is 14.2. The molecular weight excluding hydrogens is 893 g/mol. The molecule has 7 rings (SSSR count). The highest BCUT2D eigenvalue weighted by molar-refractivity contribution is 8.07. The van der Waals surface area contributed by atoms with E-state index >= 15 is 0 Å². The summed E-state index contributed by atoms with van der Waals surface area (Å²) in [6.07, 6.45) is -0.501. The smallest absolute Gasteiger partial charge is 0.407 e. The topological polar surface area (TPSA) is 221 Å². The van der Waals surface area contributed by atoms with E-state index in [-0.39, 0.29) is 28.0 Å². The Morgan fingerprint density at radius 3 is 2.18 bits per heavy atom. The van der Waals surface area contributed by atoms with E-state index in [1.807, 2.05) is 91.0 Å². The third-order valence-corrected chi connectivity index (χ3v) is 14.3. The molecule has 62 heavy (non-hydrogen) atoms. The molecule has 2 atom stereocenters. The molecule has 2 aromatic heterocycles. The van der Waals surface area contributed by atoms with Gasteiger partial charge in [-0.25, -0.2) is 19.6 Å². The largest absolute Gasteiger partial charge is 0.477 e. The van der Waals surface area contributed by atoms with Gasteiger partial charge in [-0.3, -0.25) is 14.5 Å². The molecule has 322 valence electrons. The highest BCUT2D eigenvalue weighted by Gasteiger charge is 2.55. The number of carboxylic acid groups (broad SMARTS) is 1. The van der Waals surface area contributed by atoms with E-state index in [9.17, 15) is 24.3 Å². The second kappa shape index (κ2) is 19.7. The average molecular weight is 933 g/mol. The lowest BCUT2D eigenvalue weighted by molar-refractivity contribution is -0.346. The van der Waals surface area contributed by atoms with E-state index in [2.05, 4.69) is 30.4 Å². The number of anilines is 1. The molecule has 0 saturated carbocycles. The third kappa shape index (κ3) is 10.1. The van der Waals surface area contributed by atoms with Crippen molar-refractivity contribution in [1.29, 1.82) is 0 Å². The molecule has 0 radical (unpaired) electrons. The van der Waals surface area contributed by atoms with Crippen molar-refractivity contribution in [2.45, 2.75) is 53.4 Å². The zero-order valence-electron chi connectivity index (χ0n) is 33.4. The number of carbonyl (C=O) groups is 4. The first-order valence-corrected chi connectivity index (χ1v) is 23.6. The Balaban J connectivity index is 1.06. The summed E-state index contributed by atoms with van der Waals surface area (Å²) in [4.78, 5) is 70.4. The number of aromatic nitrogens is 3. The third-order valence-electron chi connectivity index (χ3n) is 9.12. The predicted octanol–water partition coefficient (Wildman–Crippen LogP) is 6.47. The molecule has 5 N–H and O–H groups in total. The van der Waals surface area contributed by atoms with Crippen LogP contribution in [0, 0.1) is 0 Å². The molecule has 0 bridgehead atoms. The molecule has 1 saturated heterocycles. The van der Waals surface area contributed by atoms with Crippen molar-refractivity contribution in [3.05, 3.63) is 135 Å². The molecule has 21 heteroatoms. The number of nitrogen functional groups attached to an aromatic ring is 1. The van der Waals surface area contributed by atoms with Crippen LogP contribution in [0.3, 0.4) is 0 Å². The van der Waals surface area contributed by atoms with Gasteiger partial charge in [-0.15, -0.1) is 33.1 Å². The summed E-state index contributed by atoms with van der Waals surface area (Å²) in [6, 6.07) is 27.2. The van der Waals surface area contributed by atoms with Gasteiger partial charge in [0.05, 0.1) is 5.69 Å². The molecule has 3 aromatic carbocycles. The highest BCUT2D eigenvalue weighted by atomic mass is 32.2. The van der Waals surface area contributed by atoms with E-state index in [0.717, 1.165) is 39.6 Å². The second-order valence-corrected chi connectivity index (χ2v) is 19.7. The molecule has 0 aliphatic carbocycles. The number of rotatable bonds is 17. The van der Waals surface area contributed by atoms with E-state index in [4.69, 9.17) is 20.3 Å². The molecule has 2 aliphatic rings. The zero-order chi connectivity index (χ0) is 43.9. The minimum absolute atomic E-state index is 0.0782. The maximum atomic E-state index is 14.1. The zero-order valence-corrected chi connectivity index (χ0v) is 37.5. The van der Waals surface area contributed by atoms with Gasteiger partial charge in [-0.1, -0.05) is 107 Å². The van der Waals surface area contributed by atoms with Crippen molar-refractivity contribution < 1.29 is 38.9 Å². The number of β-lactam (4-membered cyclic amide) rings is 1. The van der Waals surface area contributed by atoms with Gasteiger partial charge in [0.25, 0.3) is 11.8 Å². The number of hydrogen-bond donors (Lipinski definition) is 4. The first-order chi connectivity index (χ1) is 29.9. The predicted molar refractivity (Wildman–Crippen MR) is 240 cm³/mol. The van der Waals surface area contributed by atoms with Crippen molar-refractivity contribution in [2.24, 2.45) is 5.16 Å². The molecule has 0 spiro atoms. The fourth-order valence-electron chi connectivity index (χ4n) is 6.44. The highest BCUT2D eigenvalue weighted by Crippen LogP contribution is 2.47. The number of alkyl carbamates (subject to hydrolysis) is 1. The van der Waals surface area contributed by atoms with E-state index in [1.165, 1.54) is 45.6 Å². The number of hydrogen-bond acceptors (Lipinski definition) is 17. The number of thiazole rings is 1. The van der Waals surface area contributed by atoms with Crippen molar-refractivity contribution in [1.82, 2.24) is 30.1 Å². The van der Waals surface area contributed by atoms with Crippen LogP contribution >= 0.6 is 58.2 Å². The van der Waals surface area contributed by atoms with Gasteiger partial charge >= 0.3 is 12.1 Å². The molecule has 3 amide bonds. The summed E-state index contributed by atoms with van der Waals surface area (Å²) >= 11 is 6.22. The molecule has 4 heterocycles. The normalized spacial score (nSPS) is 16.6. The Hall–Kier alpha value is -5.45. The molecule has 16 nitrogen and oxygen atoms in total. The van der Waals surface area contributed by atoms with Crippen LogP contribution in [-0.2, 0) is 40.4 Å². The van der Waals surface area contributed by atoms with Gasteiger partial charge in [0, 0.05) is 34.1 Å². The summed E-state index contributed by atoms with van der Waals surface area (Å²) in [5.41, 5.74) is 6.41. The standard InChI is InChI=1S/C41H40N8O8S5/c1-40(2,3)55-39(54)43-19-20-58-21-28-37(62-48-46-28)61-29-23-59-35-31(34(51)49(35)32(29)36(52)53)45-33(50)30(27-22-60-38(42)44-27)47-57-56-41(24-13-7-4-8-14-24,25-15-9-5-10-16-25)26-17-11-6-12-18-26/h4-18,22,31,35H,19-21,23H2,1-3H3,(H2,42,44)(H,43,54)(H,45,50)(H,52,53)/b47-30-/t31-,35-/m1/s1. The van der Waals surface area contributed by atoms with Crippen LogP contribution in [0.4, 0.5) is 9.93 Å². The number of carboxylic acids is 1. The minimum atomic E-state index is -1.34. The lowest BCUT2D eigenvalue weighted by Crippen LogP contribution is -2.71. The molecular formula is C41H40N8O8S5. The van der Waals surface area contributed by atoms with Crippen LogP contribution in [0.5, 0.6) is 0 Å². The fourth-order valence-corrected chi connectivity index (χ4v) is 11.3. The number of ether oxygens (including phenoxy) is 1. The number of nitrogens with zero attached hydrogens (tertiary/aromatic N) is 5. The maximum Gasteiger partial charge on any atom is 0.407 e. The Labute approximate surface area is 377 Å². The van der Waals surface area contributed by atoms with Gasteiger partial charge in [0.2, 0.25) is 0 Å². The number of fused-ring (bicyclic) bond motifs is 1. The monoisotopic (exact) mass is 932 g/mol. The Morgan fingerprint density at radius 2 is 1.61 bits per heavy atom. The lowest BCUT2D eigenvalue weighted by Gasteiger charge is -2.49. The average Bonchev–Trinajstić information content (AvgIpc) is 3.90. The second-order valence-electron chi connectivity index (χ2n) is 14.5. The molecule has 2 aliphatic heterocycles. The Bertz CT molecular complexity index is 2370. The first kappa shape index (κ1) is 44.6. The SMILES string of the molecule is CC(C)(C)OC(=O)NCCSCc1nnsc1SC1=C(C(=O)O)N2C(=O)[C@@H](NC(=O)/C(=N\OOC(c3ccccc3)(c3ccccc3)c3ccccc3)c3csc(N)n3)[C@H]2SC1. The molecule has 5 aromatic rings. The van der Waals surface area contributed by atoms with Crippen LogP contribution in [-0.4, -0.2) is 89.2 Å². The number of carbonyl (C=O) groups excluding carboxylic acids is 3. The van der Waals surface area contributed by atoms with Crippen LogP contribution in [0.15, 0.2) is 116 Å². The molecule has 1 fully saturated rings. The minimum Gasteiger partial charge on any atom is -0.477 e. The number of nitrogens with two attached hydrogens (primary N) is 1. The van der Waals surface area contributed by atoms with Crippen molar-refractivity contribution in [3.8, 4) is 0 Å². The fraction of sp³-hybridized carbons (Fsp3) is 0.268. The van der Waals surface area contributed by atoms with Crippen LogP contribution in [0.25, 0.3) is 0 Å². The lowest BCUT2D eigenvalue weighted by atomic mass is 9.80. The van der Waals surface area contributed by atoms with Gasteiger partial charge in [0.15, 0.2) is 16.4 Å². The van der Waals surface area contributed by atoms with Gasteiger partial charge in [-0.05, 0) is 54.1 Å². The summed E-state index contributed by atoms with van der Waals surface area (Å²) in [7, 11) is 0. The number of nitrogens with one attached hydrogen (secondary N) is 2. The van der Waals surface area contributed by atoms with E-state index in [1.54, 1.807) is 20.8 Å². The maximum absolute atomic E-state index is 14.1. The number of benzene rings is 3. The van der Waals surface area contributed by atoms with Crippen molar-refractivity contribution in [3.63, 3.8) is 0 Å². The number of oxime groups is 1. The van der Waals surface area contributed by atoms with Crippen LogP contribution in [0.1, 0.15) is 48.8 Å². The van der Waals surface area contributed by atoms with E-state index < -0.39 is 46.5 Å². The quantitative estimate of drug-likeness (QED) is 0.0196. The van der Waals surface area contributed by atoms with Crippen LogP contribution < -0.4 is 16.4 Å². The van der Waals surface area contributed by atoms with Crippen molar-refractivity contribution in [2.75, 3.05) is 23.8 Å². The number of aliphatic carboxylic acids is 1. The Morgan fingerprint density at radius 1 is 0.984 bits per heavy atom.